The molecule has 2 N–H and O–H groups in total. The number of benzene rings is 1. The van der Waals surface area contributed by atoms with Crippen LogP contribution in [0.25, 0.3) is 0 Å². The molecule has 1 atom stereocenters. The van der Waals surface area contributed by atoms with E-state index in [-0.39, 0.29) is 6.61 Å². The number of rotatable bonds is 8. The SMILES string of the molecule is COCC(NC(=O)c1cccc(OCc2csc(C)n2)c1)C(=O)O. The molecule has 0 fully saturated rings. The first-order chi connectivity index (χ1) is 11.5. The molecule has 1 unspecified atom stereocenters. The molecular weight excluding hydrogens is 332 g/mol. The van der Waals surface area contributed by atoms with Crippen LogP contribution in [0.1, 0.15) is 21.1 Å². The zero-order chi connectivity index (χ0) is 17.5. The number of carbonyl (C=O) groups excluding carboxylic acids is 1. The molecule has 2 aromatic rings. The molecule has 1 heterocycles. The Hall–Kier alpha value is -2.45. The summed E-state index contributed by atoms with van der Waals surface area (Å²) >= 11 is 1.54. The molecule has 128 valence electrons. The van der Waals surface area contributed by atoms with Crippen molar-refractivity contribution in [2.45, 2.75) is 19.6 Å². The number of aliphatic carboxylic acids is 1. The minimum atomic E-state index is -1.16. The van der Waals surface area contributed by atoms with Crippen LogP contribution in [0, 0.1) is 6.92 Å². The molecule has 1 amide bonds. The van der Waals surface area contributed by atoms with Gasteiger partial charge >= 0.3 is 5.97 Å². The number of hydrogen-bond acceptors (Lipinski definition) is 6. The smallest absolute Gasteiger partial charge is 0.328 e. The van der Waals surface area contributed by atoms with Crippen molar-refractivity contribution < 1.29 is 24.2 Å². The Morgan fingerprint density at radius 2 is 2.21 bits per heavy atom. The van der Waals surface area contributed by atoms with Crippen molar-refractivity contribution in [3.05, 3.63) is 45.9 Å². The summed E-state index contributed by atoms with van der Waals surface area (Å²) in [4.78, 5) is 27.5. The van der Waals surface area contributed by atoms with Gasteiger partial charge in [-0.3, -0.25) is 4.79 Å². The van der Waals surface area contributed by atoms with Crippen LogP contribution in [-0.4, -0.2) is 41.7 Å². The molecule has 0 aliphatic rings. The number of carbonyl (C=O) groups is 2. The average molecular weight is 350 g/mol. The lowest BCUT2D eigenvalue weighted by Gasteiger charge is -2.14. The maximum atomic E-state index is 12.2. The van der Waals surface area contributed by atoms with E-state index in [1.165, 1.54) is 18.4 Å². The van der Waals surface area contributed by atoms with Gasteiger partial charge in [0.2, 0.25) is 0 Å². The van der Waals surface area contributed by atoms with Gasteiger partial charge in [0.1, 0.15) is 12.4 Å². The summed E-state index contributed by atoms with van der Waals surface area (Å²) in [7, 11) is 1.37. The van der Waals surface area contributed by atoms with E-state index in [0.717, 1.165) is 10.7 Å². The number of nitrogens with one attached hydrogen (secondary N) is 1. The lowest BCUT2D eigenvalue weighted by Crippen LogP contribution is -2.43. The highest BCUT2D eigenvalue weighted by Gasteiger charge is 2.20. The molecule has 0 aliphatic heterocycles. The highest BCUT2D eigenvalue weighted by Crippen LogP contribution is 2.16. The van der Waals surface area contributed by atoms with E-state index < -0.39 is 17.9 Å². The predicted octanol–water partition coefficient (Wildman–Crippen LogP) is 1.86. The van der Waals surface area contributed by atoms with Gasteiger partial charge in [0, 0.05) is 18.1 Å². The van der Waals surface area contributed by atoms with Crippen molar-refractivity contribution >= 4 is 23.2 Å². The molecule has 7 nitrogen and oxygen atoms in total. The molecule has 0 radical (unpaired) electrons. The Bertz CT molecular complexity index is 716. The molecule has 1 aromatic heterocycles. The second kappa shape index (κ2) is 8.42. The summed E-state index contributed by atoms with van der Waals surface area (Å²) in [5, 5.41) is 14.3. The van der Waals surface area contributed by atoms with Gasteiger partial charge < -0.3 is 19.9 Å². The minimum Gasteiger partial charge on any atom is -0.487 e. The van der Waals surface area contributed by atoms with Gasteiger partial charge in [-0.15, -0.1) is 11.3 Å². The van der Waals surface area contributed by atoms with Crippen LogP contribution in [0.2, 0.25) is 0 Å². The Labute approximate surface area is 143 Å². The van der Waals surface area contributed by atoms with Crippen LogP contribution in [0.5, 0.6) is 5.75 Å². The number of methoxy groups -OCH3 is 1. The van der Waals surface area contributed by atoms with E-state index in [1.54, 1.807) is 24.3 Å². The Morgan fingerprint density at radius 3 is 2.83 bits per heavy atom. The summed E-state index contributed by atoms with van der Waals surface area (Å²) in [5.41, 5.74) is 1.13. The normalized spacial score (nSPS) is 11.8. The molecule has 0 spiro atoms. The molecule has 0 aliphatic carbocycles. The third kappa shape index (κ3) is 5.04. The maximum absolute atomic E-state index is 12.2. The summed E-state index contributed by atoms with van der Waals surface area (Å²) in [6, 6.07) is 5.42. The first-order valence-electron chi connectivity index (χ1n) is 7.16. The molecular formula is C16H18N2O5S. The van der Waals surface area contributed by atoms with Gasteiger partial charge in [0.15, 0.2) is 6.04 Å². The summed E-state index contributed by atoms with van der Waals surface area (Å²) in [6.45, 7) is 2.11. The van der Waals surface area contributed by atoms with Crippen molar-refractivity contribution in [3.8, 4) is 5.75 Å². The fraction of sp³-hybridized carbons (Fsp3) is 0.312. The first-order valence-corrected chi connectivity index (χ1v) is 8.04. The lowest BCUT2D eigenvalue weighted by molar-refractivity contribution is -0.140. The van der Waals surface area contributed by atoms with Crippen LogP contribution in [0.4, 0.5) is 0 Å². The fourth-order valence-corrected chi connectivity index (χ4v) is 2.54. The van der Waals surface area contributed by atoms with Crippen LogP contribution in [-0.2, 0) is 16.1 Å². The molecule has 24 heavy (non-hydrogen) atoms. The van der Waals surface area contributed by atoms with E-state index >= 15 is 0 Å². The van der Waals surface area contributed by atoms with Gasteiger partial charge in [0.05, 0.1) is 17.3 Å². The molecule has 0 bridgehead atoms. The number of hydrogen-bond donors (Lipinski definition) is 2. The van der Waals surface area contributed by atoms with E-state index in [2.05, 4.69) is 10.3 Å². The Balaban J connectivity index is 2.00. The quantitative estimate of drug-likeness (QED) is 0.754. The third-order valence-corrected chi connectivity index (χ3v) is 3.91. The Kier molecular flexibility index (Phi) is 6.28. The van der Waals surface area contributed by atoms with Gasteiger partial charge in [-0.2, -0.15) is 0 Å². The zero-order valence-corrected chi connectivity index (χ0v) is 14.1. The molecule has 0 saturated heterocycles. The van der Waals surface area contributed by atoms with E-state index in [4.69, 9.17) is 14.6 Å². The van der Waals surface area contributed by atoms with E-state index in [1.807, 2.05) is 12.3 Å². The largest absolute Gasteiger partial charge is 0.487 e. The van der Waals surface area contributed by atoms with Crippen molar-refractivity contribution in [1.82, 2.24) is 10.3 Å². The maximum Gasteiger partial charge on any atom is 0.328 e. The molecule has 8 heteroatoms. The van der Waals surface area contributed by atoms with Crippen LogP contribution < -0.4 is 10.1 Å². The summed E-state index contributed by atoms with van der Waals surface area (Å²) in [5.74, 6) is -1.15. The number of aromatic nitrogens is 1. The lowest BCUT2D eigenvalue weighted by atomic mass is 10.2. The van der Waals surface area contributed by atoms with E-state index in [9.17, 15) is 9.59 Å². The van der Waals surface area contributed by atoms with Crippen molar-refractivity contribution in [2.75, 3.05) is 13.7 Å². The fourth-order valence-electron chi connectivity index (χ4n) is 1.94. The topological polar surface area (TPSA) is 97.8 Å². The van der Waals surface area contributed by atoms with Crippen molar-refractivity contribution in [2.24, 2.45) is 0 Å². The zero-order valence-electron chi connectivity index (χ0n) is 13.3. The molecule has 1 aromatic carbocycles. The van der Waals surface area contributed by atoms with Gasteiger partial charge in [-0.1, -0.05) is 6.07 Å². The number of carboxylic acid groups (broad SMARTS) is 1. The van der Waals surface area contributed by atoms with Crippen LogP contribution >= 0.6 is 11.3 Å². The number of aryl methyl sites for hydroxylation is 1. The number of thiazole rings is 1. The first kappa shape index (κ1) is 17.9. The highest BCUT2D eigenvalue weighted by atomic mass is 32.1. The Morgan fingerprint density at radius 1 is 1.42 bits per heavy atom. The van der Waals surface area contributed by atoms with Crippen LogP contribution in [0.15, 0.2) is 29.6 Å². The second-order valence-electron chi connectivity index (χ2n) is 4.99. The highest BCUT2D eigenvalue weighted by molar-refractivity contribution is 7.09. The van der Waals surface area contributed by atoms with Crippen molar-refractivity contribution in [1.29, 1.82) is 0 Å². The van der Waals surface area contributed by atoms with Gasteiger partial charge in [-0.05, 0) is 25.1 Å². The van der Waals surface area contributed by atoms with Crippen molar-refractivity contribution in [3.63, 3.8) is 0 Å². The predicted molar refractivity (Wildman–Crippen MR) is 88.4 cm³/mol. The summed E-state index contributed by atoms with van der Waals surface area (Å²) < 4.78 is 10.4. The minimum absolute atomic E-state index is 0.111. The van der Waals surface area contributed by atoms with Gasteiger partial charge in [-0.25, -0.2) is 9.78 Å². The second-order valence-corrected chi connectivity index (χ2v) is 6.06. The average Bonchev–Trinajstić information content (AvgIpc) is 2.98. The number of ether oxygens (including phenoxy) is 2. The number of carboxylic acids is 1. The third-order valence-electron chi connectivity index (χ3n) is 3.09. The number of nitrogens with zero attached hydrogens (tertiary/aromatic N) is 1. The van der Waals surface area contributed by atoms with Gasteiger partial charge in [0.25, 0.3) is 5.91 Å². The summed E-state index contributed by atoms with van der Waals surface area (Å²) in [6.07, 6.45) is 0. The molecule has 2 rings (SSSR count). The molecule has 0 saturated carbocycles. The standard InChI is InChI=1S/C16H18N2O5S/c1-10-17-12(9-24-10)7-23-13-5-3-4-11(6-13)15(19)18-14(8-22-2)16(20)21/h3-6,9,14H,7-8H2,1-2H3,(H,18,19)(H,20,21). The monoisotopic (exact) mass is 350 g/mol. The van der Waals surface area contributed by atoms with Crippen LogP contribution in [0.3, 0.4) is 0 Å². The number of amides is 1. The van der Waals surface area contributed by atoms with E-state index in [0.29, 0.717) is 17.9 Å².